The van der Waals surface area contributed by atoms with Crippen LogP contribution in [0.25, 0.3) is 0 Å². The molecule has 0 amide bonds. The van der Waals surface area contributed by atoms with Gasteiger partial charge >= 0.3 is 0 Å². The fourth-order valence-electron chi connectivity index (χ4n) is 3.93. The highest BCUT2D eigenvalue weighted by Gasteiger charge is 2.10. The number of rotatable bonds is 5. The summed E-state index contributed by atoms with van der Waals surface area (Å²) in [5.74, 6) is 1.78. The molecule has 0 aliphatic rings. The van der Waals surface area contributed by atoms with Crippen LogP contribution in [0.5, 0.6) is 11.5 Å². The lowest BCUT2D eigenvalue weighted by atomic mass is 9.99. The van der Waals surface area contributed by atoms with Gasteiger partial charge in [0, 0.05) is 16.1 Å². The van der Waals surface area contributed by atoms with Gasteiger partial charge in [-0.25, -0.2) is 0 Å². The van der Waals surface area contributed by atoms with Crippen LogP contribution in [-0.4, -0.2) is 11.6 Å². The van der Waals surface area contributed by atoms with Crippen LogP contribution >= 0.6 is 11.6 Å². The second-order valence-electron chi connectivity index (χ2n) is 8.06. The molecule has 0 unspecified atom stereocenters. The maximum atomic E-state index is 11.6. The quantitative estimate of drug-likeness (QED) is 0.369. The van der Waals surface area contributed by atoms with Gasteiger partial charge in [-0.2, -0.15) is 0 Å². The summed E-state index contributed by atoms with van der Waals surface area (Å²) < 4.78 is 5.86. The number of halogens is 1. The third kappa shape index (κ3) is 6.54. The highest BCUT2D eigenvalue weighted by Crippen LogP contribution is 2.27. The van der Waals surface area contributed by atoms with E-state index >= 15 is 0 Å². The molecule has 0 saturated heterocycles. The van der Waals surface area contributed by atoms with Crippen molar-refractivity contribution >= 4 is 23.2 Å². The van der Waals surface area contributed by atoms with Crippen LogP contribution in [0.1, 0.15) is 69.3 Å². The molecule has 0 saturated carbocycles. The molecule has 3 nitrogen and oxygen atoms in total. The number of benzene rings is 3. The molecule has 4 heteroatoms. The summed E-state index contributed by atoms with van der Waals surface area (Å²) in [5, 5.41) is 0.690. The van der Waals surface area contributed by atoms with Crippen molar-refractivity contribution in [1.29, 1.82) is 0 Å². The summed E-state index contributed by atoms with van der Waals surface area (Å²) in [6.07, 6.45) is 1.02. The first kappa shape index (κ1) is 25.4. The Morgan fingerprint density at radius 1 is 0.719 bits per heavy atom. The maximum Gasteiger partial charge on any atom is 0.160 e. The number of ketones is 2. The van der Waals surface area contributed by atoms with Gasteiger partial charge in [-0.05, 0) is 112 Å². The molecule has 32 heavy (non-hydrogen) atoms. The summed E-state index contributed by atoms with van der Waals surface area (Å²) in [7, 11) is 0. The minimum Gasteiger partial charge on any atom is -0.457 e. The molecule has 0 N–H and O–H groups in total. The highest BCUT2D eigenvalue weighted by atomic mass is 35.5. The van der Waals surface area contributed by atoms with Gasteiger partial charge in [-0.15, -0.1) is 0 Å². The standard InChI is InChI=1S/C18H20O2.C10H11ClO/c1-5-15-6-8-16(9-7-15)20-17-10-12(2)18(14(4)19)13(3)11-17;1-6-4-9(11)5-7(2)10(6)8(3)12/h6-11H,5H2,1-4H3;4-5H,1-3H3. The van der Waals surface area contributed by atoms with Crippen LogP contribution in [-0.2, 0) is 6.42 Å². The van der Waals surface area contributed by atoms with Crippen LogP contribution in [0.3, 0.4) is 0 Å². The van der Waals surface area contributed by atoms with Crippen molar-refractivity contribution in [2.75, 3.05) is 0 Å². The highest BCUT2D eigenvalue weighted by molar-refractivity contribution is 6.30. The largest absolute Gasteiger partial charge is 0.457 e. The van der Waals surface area contributed by atoms with Gasteiger partial charge in [0.1, 0.15) is 11.5 Å². The molecule has 3 aromatic carbocycles. The van der Waals surface area contributed by atoms with E-state index in [-0.39, 0.29) is 11.6 Å². The molecule has 0 bridgehead atoms. The van der Waals surface area contributed by atoms with Crippen molar-refractivity contribution in [2.24, 2.45) is 0 Å². The van der Waals surface area contributed by atoms with Crippen molar-refractivity contribution in [3.63, 3.8) is 0 Å². The van der Waals surface area contributed by atoms with Gasteiger partial charge in [0.05, 0.1) is 0 Å². The summed E-state index contributed by atoms with van der Waals surface area (Å²) in [6, 6.07) is 15.5. The Kier molecular flexibility index (Phi) is 8.80. The van der Waals surface area contributed by atoms with Crippen LogP contribution in [0.15, 0.2) is 48.5 Å². The first-order valence-corrected chi connectivity index (χ1v) is 11.1. The molecule has 3 aromatic rings. The zero-order chi connectivity index (χ0) is 24.0. The van der Waals surface area contributed by atoms with E-state index < -0.39 is 0 Å². The van der Waals surface area contributed by atoms with E-state index in [1.54, 1.807) is 13.8 Å². The minimum atomic E-state index is 0.0962. The van der Waals surface area contributed by atoms with Gasteiger partial charge in [-0.1, -0.05) is 30.7 Å². The second kappa shape index (κ2) is 11.1. The van der Waals surface area contributed by atoms with Gasteiger partial charge < -0.3 is 4.74 Å². The van der Waals surface area contributed by atoms with Gasteiger partial charge in [0.25, 0.3) is 0 Å². The Bertz CT molecular complexity index is 1080. The van der Waals surface area contributed by atoms with Crippen molar-refractivity contribution in [1.82, 2.24) is 0 Å². The van der Waals surface area contributed by atoms with E-state index in [0.29, 0.717) is 5.02 Å². The number of hydrogen-bond acceptors (Lipinski definition) is 3. The molecule has 0 heterocycles. The SMILES string of the molecule is CC(=O)c1c(C)cc(Cl)cc1C.CCc1ccc(Oc2cc(C)c(C(C)=O)c(C)c2)cc1. The lowest BCUT2D eigenvalue weighted by Gasteiger charge is -2.11. The summed E-state index contributed by atoms with van der Waals surface area (Å²) in [5.41, 5.74) is 6.69. The number of ether oxygens (including phenoxy) is 1. The van der Waals surface area contributed by atoms with Gasteiger partial charge in [0.2, 0.25) is 0 Å². The fourth-order valence-corrected chi connectivity index (χ4v) is 4.26. The summed E-state index contributed by atoms with van der Waals surface area (Å²) in [6.45, 7) is 13.0. The van der Waals surface area contributed by atoms with E-state index in [1.165, 1.54) is 5.56 Å². The molecule has 168 valence electrons. The molecule has 0 fully saturated rings. The molecule has 0 aliphatic carbocycles. The van der Waals surface area contributed by atoms with E-state index in [1.807, 2.05) is 64.1 Å². The Balaban J connectivity index is 0.000000258. The molecule has 0 radical (unpaired) electrons. The van der Waals surface area contributed by atoms with Gasteiger partial charge in [0.15, 0.2) is 11.6 Å². The molecule has 0 spiro atoms. The van der Waals surface area contributed by atoms with Crippen molar-refractivity contribution in [3.8, 4) is 11.5 Å². The van der Waals surface area contributed by atoms with E-state index in [9.17, 15) is 9.59 Å². The molecular weight excluding hydrogens is 420 g/mol. The third-order valence-electron chi connectivity index (χ3n) is 5.28. The normalized spacial score (nSPS) is 10.2. The molecule has 0 atom stereocenters. The lowest BCUT2D eigenvalue weighted by Crippen LogP contribution is -2.00. The number of carbonyl (C=O) groups excluding carboxylic acids is 2. The fraction of sp³-hybridized carbons (Fsp3) is 0.286. The average molecular weight is 451 g/mol. The molecular formula is C28H31ClO3. The van der Waals surface area contributed by atoms with Crippen LogP contribution in [0.4, 0.5) is 0 Å². The Morgan fingerprint density at radius 2 is 1.12 bits per heavy atom. The van der Waals surface area contributed by atoms with Crippen LogP contribution < -0.4 is 4.74 Å². The number of carbonyl (C=O) groups is 2. The third-order valence-corrected chi connectivity index (χ3v) is 5.49. The van der Waals surface area contributed by atoms with E-state index in [4.69, 9.17) is 16.3 Å². The van der Waals surface area contributed by atoms with E-state index in [2.05, 4.69) is 19.1 Å². The molecule has 0 aliphatic heterocycles. The first-order valence-electron chi connectivity index (χ1n) is 10.7. The lowest BCUT2D eigenvalue weighted by molar-refractivity contribution is 0.100. The van der Waals surface area contributed by atoms with Crippen molar-refractivity contribution in [2.45, 2.75) is 54.9 Å². The second-order valence-corrected chi connectivity index (χ2v) is 8.50. The summed E-state index contributed by atoms with van der Waals surface area (Å²) in [4.78, 5) is 22.7. The Hall–Kier alpha value is -2.91. The topological polar surface area (TPSA) is 43.4 Å². The first-order chi connectivity index (χ1) is 15.0. The van der Waals surface area contributed by atoms with Crippen LogP contribution in [0, 0.1) is 27.7 Å². The van der Waals surface area contributed by atoms with Crippen molar-refractivity contribution < 1.29 is 14.3 Å². The number of aryl methyl sites for hydroxylation is 5. The zero-order valence-electron chi connectivity index (χ0n) is 19.9. The van der Waals surface area contributed by atoms with Crippen molar-refractivity contribution in [3.05, 3.63) is 92.5 Å². The Morgan fingerprint density at radius 3 is 1.50 bits per heavy atom. The van der Waals surface area contributed by atoms with Crippen LogP contribution in [0.2, 0.25) is 5.02 Å². The maximum absolute atomic E-state index is 11.6. The van der Waals surface area contributed by atoms with E-state index in [0.717, 1.165) is 51.3 Å². The smallest absolute Gasteiger partial charge is 0.160 e. The number of Topliss-reactive ketones (excluding diaryl/α,β-unsaturated/α-hetero) is 2. The predicted molar refractivity (Wildman–Crippen MR) is 133 cm³/mol. The van der Waals surface area contributed by atoms with Gasteiger partial charge in [-0.3, -0.25) is 9.59 Å². The molecule has 0 aromatic heterocycles. The predicted octanol–water partition coefficient (Wildman–Crippen LogP) is 8.02. The minimum absolute atomic E-state index is 0.0962. The number of hydrogen-bond donors (Lipinski definition) is 0. The zero-order valence-corrected chi connectivity index (χ0v) is 20.7. The monoisotopic (exact) mass is 450 g/mol. The molecule has 3 rings (SSSR count). The average Bonchev–Trinajstić information content (AvgIpc) is 2.67. The Labute approximate surface area is 196 Å². The summed E-state index contributed by atoms with van der Waals surface area (Å²) >= 11 is 5.82.